The zero-order valence-electron chi connectivity index (χ0n) is 7.80. The molecular formula is C8H14ClNO3. The van der Waals surface area contributed by atoms with Crippen LogP contribution in [-0.2, 0) is 9.53 Å². The van der Waals surface area contributed by atoms with Gasteiger partial charge in [0, 0.05) is 0 Å². The maximum Gasteiger partial charge on any atom is 0.407 e. The van der Waals surface area contributed by atoms with Gasteiger partial charge in [0.15, 0.2) is 5.78 Å². The van der Waals surface area contributed by atoms with Crippen molar-refractivity contribution in [3.8, 4) is 0 Å². The fourth-order valence-electron chi connectivity index (χ4n) is 0.897. The highest BCUT2D eigenvalue weighted by Gasteiger charge is 2.18. The van der Waals surface area contributed by atoms with Crippen molar-refractivity contribution in [1.29, 1.82) is 0 Å². The number of carbonyl (C=O) groups excluding carboxylic acids is 2. The molecule has 0 aromatic rings. The molecule has 13 heavy (non-hydrogen) atoms. The Morgan fingerprint density at radius 3 is 2.54 bits per heavy atom. The number of ether oxygens (including phenoxy) is 1. The molecule has 1 unspecified atom stereocenters. The van der Waals surface area contributed by atoms with Crippen LogP contribution in [0.3, 0.4) is 0 Å². The predicted octanol–water partition coefficient (Wildman–Crippen LogP) is 1.32. The van der Waals surface area contributed by atoms with Gasteiger partial charge in [-0.3, -0.25) is 4.79 Å². The lowest BCUT2D eigenvalue weighted by atomic mass is 10.1. The number of ketones is 1. The molecule has 76 valence electrons. The number of halogens is 1. The first-order chi connectivity index (χ1) is 6.15. The average molecular weight is 208 g/mol. The van der Waals surface area contributed by atoms with Crippen LogP contribution in [0.2, 0.25) is 0 Å². The van der Waals surface area contributed by atoms with Gasteiger partial charge in [0.05, 0.1) is 19.0 Å². The van der Waals surface area contributed by atoms with Gasteiger partial charge in [0.25, 0.3) is 0 Å². The third-order valence-corrected chi connectivity index (χ3v) is 1.84. The minimum absolute atomic E-state index is 0.0886. The van der Waals surface area contributed by atoms with E-state index in [1.165, 1.54) is 7.11 Å². The van der Waals surface area contributed by atoms with Crippen LogP contribution in [-0.4, -0.2) is 30.9 Å². The van der Waals surface area contributed by atoms with E-state index in [0.29, 0.717) is 6.42 Å². The molecule has 0 aromatic carbocycles. The Morgan fingerprint density at radius 2 is 2.15 bits per heavy atom. The number of alkyl carbamates (subject to hydrolysis) is 1. The third kappa shape index (κ3) is 4.72. The lowest BCUT2D eigenvalue weighted by molar-refractivity contribution is -0.118. The Labute approximate surface area is 82.6 Å². The molecule has 5 heteroatoms. The number of alkyl halides is 1. The molecule has 0 saturated heterocycles. The van der Waals surface area contributed by atoms with Crippen LogP contribution in [0.15, 0.2) is 0 Å². The second-order valence-corrected chi connectivity index (χ2v) is 2.84. The standard InChI is InChI=1S/C8H14ClNO3/c1-3-4-6(7(11)5-9)10-8(12)13-2/h6H,3-5H2,1-2H3,(H,10,12). The second kappa shape index (κ2) is 6.71. The van der Waals surface area contributed by atoms with Gasteiger partial charge in [-0.2, -0.15) is 0 Å². The fourth-order valence-corrected chi connectivity index (χ4v) is 1.08. The van der Waals surface area contributed by atoms with Gasteiger partial charge in [-0.1, -0.05) is 13.3 Å². The van der Waals surface area contributed by atoms with E-state index in [4.69, 9.17) is 11.6 Å². The van der Waals surface area contributed by atoms with E-state index in [1.54, 1.807) is 0 Å². The number of amides is 1. The first kappa shape index (κ1) is 12.2. The number of nitrogens with one attached hydrogen (secondary N) is 1. The monoisotopic (exact) mass is 207 g/mol. The van der Waals surface area contributed by atoms with Gasteiger partial charge in [-0.15, -0.1) is 11.6 Å². The molecule has 0 aromatic heterocycles. The number of methoxy groups -OCH3 is 1. The summed E-state index contributed by atoms with van der Waals surface area (Å²) in [5, 5.41) is 2.42. The van der Waals surface area contributed by atoms with Gasteiger partial charge in [0.2, 0.25) is 0 Å². The van der Waals surface area contributed by atoms with Crippen LogP contribution in [0.5, 0.6) is 0 Å². The number of hydrogen-bond donors (Lipinski definition) is 1. The summed E-state index contributed by atoms with van der Waals surface area (Å²) < 4.78 is 4.38. The minimum atomic E-state index is -0.600. The average Bonchev–Trinajstić information content (AvgIpc) is 2.15. The highest BCUT2D eigenvalue weighted by Crippen LogP contribution is 2.00. The first-order valence-corrected chi connectivity index (χ1v) is 4.62. The van der Waals surface area contributed by atoms with Crippen LogP contribution < -0.4 is 5.32 Å². The molecule has 0 aliphatic rings. The molecule has 4 nitrogen and oxygen atoms in total. The summed E-state index contributed by atoms with van der Waals surface area (Å²) >= 11 is 5.37. The van der Waals surface area contributed by atoms with Crippen molar-refractivity contribution in [2.45, 2.75) is 25.8 Å². The Balaban J connectivity index is 4.08. The molecule has 0 spiro atoms. The summed E-state index contributed by atoms with van der Waals surface area (Å²) in [7, 11) is 1.25. The fraction of sp³-hybridized carbons (Fsp3) is 0.750. The summed E-state index contributed by atoms with van der Waals surface area (Å²) in [6.07, 6.45) is 0.787. The van der Waals surface area contributed by atoms with Crippen molar-refractivity contribution in [3.63, 3.8) is 0 Å². The molecule has 1 amide bonds. The quantitative estimate of drug-likeness (QED) is 0.692. The molecule has 0 fully saturated rings. The molecule has 0 bridgehead atoms. The van der Waals surface area contributed by atoms with Gasteiger partial charge in [-0.05, 0) is 6.42 Å². The van der Waals surface area contributed by atoms with Gasteiger partial charge in [-0.25, -0.2) is 4.79 Å². The highest BCUT2D eigenvalue weighted by atomic mass is 35.5. The van der Waals surface area contributed by atoms with Gasteiger partial charge < -0.3 is 10.1 Å². The molecule has 0 aliphatic carbocycles. The Kier molecular flexibility index (Phi) is 6.32. The lowest BCUT2D eigenvalue weighted by Crippen LogP contribution is -2.41. The summed E-state index contributed by atoms with van der Waals surface area (Å²) in [6, 6.07) is -0.519. The molecular weight excluding hydrogens is 194 g/mol. The van der Waals surface area contributed by atoms with Crippen molar-refractivity contribution >= 4 is 23.5 Å². The van der Waals surface area contributed by atoms with E-state index in [2.05, 4.69) is 10.1 Å². The van der Waals surface area contributed by atoms with Gasteiger partial charge in [0.1, 0.15) is 0 Å². The zero-order chi connectivity index (χ0) is 10.3. The minimum Gasteiger partial charge on any atom is -0.453 e. The number of rotatable bonds is 5. The molecule has 0 rings (SSSR count). The maximum atomic E-state index is 11.2. The molecule has 0 saturated carbocycles. The molecule has 1 atom stereocenters. The van der Waals surface area contributed by atoms with E-state index >= 15 is 0 Å². The summed E-state index contributed by atoms with van der Waals surface area (Å²) in [5.74, 6) is -0.275. The summed E-state index contributed by atoms with van der Waals surface area (Å²) in [6.45, 7) is 1.92. The summed E-state index contributed by atoms with van der Waals surface area (Å²) in [5.41, 5.74) is 0. The van der Waals surface area contributed by atoms with Crippen molar-refractivity contribution in [2.24, 2.45) is 0 Å². The lowest BCUT2D eigenvalue weighted by Gasteiger charge is -2.14. The van der Waals surface area contributed by atoms with Crippen molar-refractivity contribution in [1.82, 2.24) is 5.32 Å². The molecule has 0 heterocycles. The number of Topliss-reactive ketones (excluding diaryl/α,β-unsaturated/α-hetero) is 1. The SMILES string of the molecule is CCCC(NC(=O)OC)C(=O)CCl. The number of carbonyl (C=O) groups is 2. The summed E-state index contributed by atoms with van der Waals surface area (Å²) in [4.78, 5) is 21.9. The Bertz CT molecular complexity index is 184. The smallest absolute Gasteiger partial charge is 0.407 e. The Hall–Kier alpha value is -0.770. The Morgan fingerprint density at radius 1 is 1.54 bits per heavy atom. The maximum absolute atomic E-state index is 11.2. The van der Waals surface area contributed by atoms with Crippen LogP contribution in [0.1, 0.15) is 19.8 Å². The molecule has 0 radical (unpaired) electrons. The van der Waals surface area contributed by atoms with E-state index in [-0.39, 0.29) is 11.7 Å². The number of hydrogen-bond acceptors (Lipinski definition) is 3. The molecule has 1 N–H and O–H groups in total. The predicted molar refractivity (Wildman–Crippen MR) is 50.0 cm³/mol. The van der Waals surface area contributed by atoms with Crippen molar-refractivity contribution in [3.05, 3.63) is 0 Å². The molecule has 0 aliphatic heterocycles. The van der Waals surface area contributed by atoms with Crippen LogP contribution >= 0.6 is 11.6 Å². The van der Waals surface area contributed by atoms with E-state index < -0.39 is 12.1 Å². The normalized spacial score (nSPS) is 11.9. The highest BCUT2D eigenvalue weighted by molar-refractivity contribution is 6.28. The van der Waals surface area contributed by atoms with Crippen LogP contribution in [0.4, 0.5) is 4.79 Å². The largest absolute Gasteiger partial charge is 0.453 e. The van der Waals surface area contributed by atoms with E-state index in [1.807, 2.05) is 6.92 Å². The van der Waals surface area contributed by atoms with Crippen LogP contribution in [0, 0.1) is 0 Å². The van der Waals surface area contributed by atoms with Crippen molar-refractivity contribution in [2.75, 3.05) is 13.0 Å². The van der Waals surface area contributed by atoms with E-state index in [9.17, 15) is 9.59 Å². The second-order valence-electron chi connectivity index (χ2n) is 2.58. The zero-order valence-corrected chi connectivity index (χ0v) is 8.56. The topological polar surface area (TPSA) is 55.4 Å². The van der Waals surface area contributed by atoms with Crippen LogP contribution in [0.25, 0.3) is 0 Å². The van der Waals surface area contributed by atoms with Crippen molar-refractivity contribution < 1.29 is 14.3 Å². The van der Waals surface area contributed by atoms with Gasteiger partial charge >= 0.3 is 6.09 Å². The first-order valence-electron chi connectivity index (χ1n) is 4.08. The third-order valence-electron chi connectivity index (χ3n) is 1.58. The van der Waals surface area contributed by atoms with E-state index in [0.717, 1.165) is 6.42 Å².